The van der Waals surface area contributed by atoms with E-state index in [4.69, 9.17) is 0 Å². The predicted octanol–water partition coefficient (Wildman–Crippen LogP) is 4.01. The molecule has 0 atom stereocenters. The molecule has 0 saturated carbocycles. The minimum absolute atomic E-state index is 0.244. The first kappa shape index (κ1) is 15.7. The summed E-state index contributed by atoms with van der Waals surface area (Å²) in [5.41, 5.74) is 1.51. The zero-order valence-corrected chi connectivity index (χ0v) is 12.8. The molecule has 0 spiro atoms. The number of carbonyl (C=O) groups is 1. The summed E-state index contributed by atoms with van der Waals surface area (Å²) >= 11 is 0. The second kappa shape index (κ2) is 6.49. The maximum absolute atomic E-state index is 13.5. The fourth-order valence-corrected chi connectivity index (χ4v) is 2.27. The number of rotatable bonds is 3. The normalized spacial score (nSPS) is 10.5. The Balaban J connectivity index is 1.75. The number of amides is 2. The van der Waals surface area contributed by atoms with Gasteiger partial charge in [-0.05, 0) is 17.7 Å². The number of carbonyl (C=O) groups excluding carboxylic acids is 1. The number of nitrogens with zero attached hydrogens (tertiary/aromatic N) is 2. The average molecular weight is 328 g/mol. The molecule has 7 heteroatoms. The van der Waals surface area contributed by atoms with E-state index >= 15 is 0 Å². The van der Waals surface area contributed by atoms with E-state index in [1.54, 1.807) is 17.8 Å². The standard InChI is InChI=1S/C17H14F2N4O/c1-23-15(11-5-3-2-4-6-11)10-16(22-23)21-17(24)20-14-9-12(18)7-8-13(14)19/h2-10H,1H3,(H2,20,21,22,24). The van der Waals surface area contributed by atoms with Crippen molar-refractivity contribution >= 4 is 17.5 Å². The Labute approximate surface area is 136 Å². The van der Waals surface area contributed by atoms with Gasteiger partial charge in [0.15, 0.2) is 5.82 Å². The summed E-state index contributed by atoms with van der Waals surface area (Å²) in [7, 11) is 1.75. The van der Waals surface area contributed by atoms with E-state index < -0.39 is 17.7 Å². The summed E-state index contributed by atoms with van der Waals surface area (Å²) in [6.07, 6.45) is 0. The topological polar surface area (TPSA) is 59.0 Å². The lowest BCUT2D eigenvalue weighted by Gasteiger charge is -2.06. The third-order valence-corrected chi connectivity index (χ3v) is 3.37. The lowest BCUT2D eigenvalue weighted by molar-refractivity contribution is 0.262. The SMILES string of the molecule is Cn1nc(NC(=O)Nc2cc(F)ccc2F)cc1-c1ccccc1. The summed E-state index contributed by atoms with van der Waals surface area (Å²) in [5.74, 6) is -1.07. The number of hydrogen-bond donors (Lipinski definition) is 2. The lowest BCUT2D eigenvalue weighted by Crippen LogP contribution is -2.20. The van der Waals surface area contributed by atoms with Gasteiger partial charge in [0.05, 0.1) is 11.4 Å². The summed E-state index contributed by atoms with van der Waals surface area (Å²) in [4.78, 5) is 11.9. The maximum atomic E-state index is 13.5. The van der Waals surface area contributed by atoms with Crippen molar-refractivity contribution in [2.24, 2.45) is 7.05 Å². The number of benzene rings is 2. The van der Waals surface area contributed by atoms with Crippen molar-refractivity contribution in [1.29, 1.82) is 0 Å². The minimum Gasteiger partial charge on any atom is -0.305 e. The largest absolute Gasteiger partial charge is 0.324 e. The highest BCUT2D eigenvalue weighted by Gasteiger charge is 2.12. The van der Waals surface area contributed by atoms with Crippen molar-refractivity contribution in [1.82, 2.24) is 9.78 Å². The molecule has 0 aliphatic heterocycles. The van der Waals surface area contributed by atoms with Crippen LogP contribution < -0.4 is 10.6 Å². The highest BCUT2D eigenvalue weighted by molar-refractivity contribution is 5.99. The highest BCUT2D eigenvalue weighted by Crippen LogP contribution is 2.22. The molecule has 0 fully saturated rings. The molecule has 3 rings (SSSR count). The van der Waals surface area contributed by atoms with Gasteiger partial charge in [0.25, 0.3) is 0 Å². The van der Waals surface area contributed by atoms with Crippen LogP contribution in [-0.2, 0) is 7.05 Å². The van der Waals surface area contributed by atoms with Crippen LogP contribution >= 0.6 is 0 Å². The fraction of sp³-hybridized carbons (Fsp3) is 0.0588. The molecule has 122 valence electrons. The van der Waals surface area contributed by atoms with Crippen molar-refractivity contribution in [2.45, 2.75) is 0 Å². The molecule has 0 aliphatic carbocycles. The van der Waals surface area contributed by atoms with Crippen LogP contribution in [0.2, 0.25) is 0 Å². The molecule has 2 aromatic carbocycles. The Morgan fingerprint density at radius 2 is 1.79 bits per heavy atom. The van der Waals surface area contributed by atoms with E-state index in [0.717, 1.165) is 29.5 Å². The van der Waals surface area contributed by atoms with Crippen LogP contribution in [-0.4, -0.2) is 15.8 Å². The van der Waals surface area contributed by atoms with Crippen LogP contribution in [0, 0.1) is 11.6 Å². The van der Waals surface area contributed by atoms with E-state index in [1.807, 2.05) is 30.3 Å². The van der Waals surface area contributed by atoms with Crippen molar-refractivity contribution < 1.29 is 13.6 Å². The smallest absolute Gasteiger partial charge is 0.305 e. The third kappa shape index (κ3) is 3.40. The molecule has 24 heavy (non-hydrogen) atoms. The number of aromatic nitrogens is 2. The van der Waals surface area contributed by atoms with Crippen molar-refractivity contribution in [3.63, 3.8) is 0 Å². The fourth-order valence-electron chi connectivity index (χ4n) is 2.27. The van der Waals surface area contributed by atoms with E-state index in [0.29, 0.717) is 5.82 Å². The van der Waals surface area contributed by atoms with E-state index in [1.165, 1.54) is 0 Å². The Kier molecular flexibility index (Phi) is 4.24. The van der Waals surface area contributed by atoms with Gasteiger partial charge < -0.3 is 5.32 Å². The molecule has 2 amide bonds. The van der Waals surface area contributed by atoms with Gasteiger partial charge in [-0.2, -0.15) is 5.10 Å². The van der Waals surface area contributed by atoms with Gasteiger partial charge in [0.2, 0.25) is 0 Å². The summed E-state index contributed by atoms with van der Waals surface area (Å²) < 4.78 is 28.3. The predicted molar refractivity (Wildman–Crippen MR) is 87.6 cm³/mol. The van der Waals surface area contributed by atoms with E-state index in [9.17, 15) is 13.6 Å². The Bertz CT molecular complexity index is 878. The first-order chi connectivity index (χ1) is 11.5. The monoisotopic (exact) mass is 328 g/mol. The van der Waals surface area contributed by atoms with Crippen molar-refractivity contribution in [3.8, 4) is 11.3 Å². The molecule has 0 unspecified atom stereocenters. The van der Waals surface area contributed by atoms with Crippen LogP contribution in [0.4, 0.5) is 25.1 Å². The third-order valence-electron chi connectivity index (χ3n) is 3.37. The quantitative estimate of drug-likeness (QED) is 0.763. The Morgan fingerprint density at radius 3 is 2.54 bits per heavy atom. The first-order valence-electron chi connectivity index (χ1n) is 7.15. The zero-order valence-electron chi connectivity index (χ0n) is 12.8. The molecule has 0 radical (unpaired) electrons. The molecule has 3 aromatic rings. The number of aryl methyl sites for hydroxylation is 1. The van der Waals surface area contributed by atoms with Crippen LogP contribution in [0.5, 0.6) is 0 Å². The number of nitrogens with one attached hydrogen (secondary N) is 2. The average Bonchev–Trinajstić information content (AvgIpc) is 2.92. The number of anilines is 2. The second-order valence-electron chi connectivity index (χ2n) is 5.11. The lowest BCUT2D eigenvalue weighted by atomic mass is 10.1. The molecule has 5 nitrogen and oxygen atoms in total. The molecule has 0 saturated heterocycles. The number of urea groups is 1. The van der Waals surface area contributed by atoms with E-state index in [-0.39, 0.29) is 5.69 Å². The number of halogens is 2. The molecular weight excluding hydrogens is 314 g/mol. The van der Waals surface area contributed by atoms with Crippen molar-refractivity contribution in [2.75, 3.05) is 10.6 Å². The van der Waals surface area contributed by atoms with Gasteiger partial charge in [-0.15, -0.1) is 0 Å². The summed E-state index contributed by atoms with van der Waals surface area (Å²) in [5, 5.41) is 8.94. The Morgan fingerprint density at radius 1 is 1.04 bits per heavy atom. The van der Waals surface area contributed by atoms with E-state index in [2.05, 4.69) is 15.7 Å². The van der Waals surface area contributed by atoms with Crippen LogP contribution in [0.1, 0.15) is 0 Å². The number of hydrogen-bond acceptors (Lipinski definition) is 2. The highest BCUT2D eigenvalue weighted by atomic mass is 19.1. The minimum atomic E-state index is -0.724. The molecule has 1 heterocycles. The van der Waals surface area contributed by atoms with Crippen molar-refractivity contribution in [3.05, 3.63) is 66.2 Å². The van der Waals surface area contributed by atoms with Gasteiger partial charge in [-0.1, -0.05) is 30.3 Å². The molecule has 0 bridgehead atoms. The molecule has 2 N–H and O–H groups in total. The second-order valence-corrected chi connectivity index (χ2v) is 5.11. The molecular formula is C17H14F2N4O. The summed E-state index contributed by atoms with van der Waals surface area (Å²) in [6, 6.07) is 13.3. The van der Waals surface area contributed by atoms with Crippen LogP contribution in [0.25, 0.3) is 11.3 Å². The van der Waals surface area contributed by atoms with Gasteiger partial charge >= 0.3 is 6.03 Å². The molecule has 1 aromatic heterocycles. The van der Waals surface area contributed by atoms with Gasteiger partial charge in [-0.3, -0.25) is 10.00 Å². The van der Waals surface area contributed by atoms with Gasteiger partial charge in [0, 0.05) is 19.2 Å². The maximum Gasteiger partial charge on any atom is 0.324 e. The van der Waals surface area contributed by atoms with Crippen LogP contribution in [0.3, 0.4) is 0 Å². The summed E-state index contributed by atoms with van der Waals surface area (Å²) in [6.45, 7) is 0. The van der Waals surface area contributed by atoms with Crippen LogP contribution in [0.15, 0.2) is 54.6 Å². The zero-order chi connectivity index (χ0) is 17.1. The van der Waals surface area contributed by atoms with Gasteiger partial charge in [-0.25, -0.2) is 13.6 Å². The van der Waals surface area contributed by atoms with Gasteiger partial charge in [0.1, 0.15) is 11.6 Å². The Hall–Kier alpha value is -3.22. The molecule has 0 aliphatic rings. The first-order valence-corrected chi connectivity index (χ1v) is 7.15.